The second-order valence-corrected chi connectivity index (χ2v) is 7.26. The Morgan fingerprint density at radius 3 is 2.78 bits per heavy atom. The normalized spacial score (nSPS) is 15.6. The van der Waals surface area contributed by atoms with Crippen LogP contribution in [0.25, 0.3) is 10.9 Å². The van der Waals surface area contributed by atoms with Crippen molar-refractivity contribution < 1.29 is 4.74 Å². The zero-order valence-corrected chi connectivity index (χ0v) is 19.1. The number of aliphatic imine (C=N–C) groups is 1. The van der Waals surface area contributed by atoms with E-state index in [9.17, 15) is 0 Å². The van der Waals surface area contributed by atoms with Crippen molar-refractivity contribution in [2.75, 3.05) is 40.4 Å². The van der Waals surface area contributed by atoms with E-state index in [1.54, 1.807) is 0 Å². The molecule has 1 aliphatic rings. The molecule has 2 heterocycles. The van der Waals surface area contributed by atoms with Gasteiger partial charge in [-0.15, -0.1) is 24.0 Å². The molecule has 150 valence electrons. The second-order valence-electron chi connectivity index (χ2n) is 7.26. The second kappa shape index (κ2) is 10.9. The minimum Gasteiger partial charge on any atom is -0.381 e. The van der Waals surface area contributed by atoms with Crippen molar-refractivity contribution in [1.82, 2.24) is 15.2 Å². The summed E-state index contributed by atoms with van der Waals surface area (Å²) in [4.78, 5) is 10.2. The number of H-pyrrole nitrogens is 1. The molecular weight excluding hydrogens is 451 g/mol. The third-order valence-corrected chi connectivity index (χ3v) is 5.47. The van der Waals surface area contributed by atoms with Gasteiger partial charge in [-0.25, -0.2) is 0 Å². The quantitative estimate of drug-likeness (QED) is 0.371. The highest BCUT2D eigenvalue weighted by Gasteiger charge is 2.15. The van der Waals surface area contributed by atoms with Gasteiger partial charge in [0.15, 0.2) is 5.96 Å². The molecule has 1 fully saturated rings. The maximum Gasteiger partial charge on any atom is 0.193 e. The number of guanidine groups is 1. The number of nitrogens with zero attached hydrogens (tertiary/aromatic N) is 2. The van der Waals surface area contributed by atoms with Crippen LogP contribution in [0.5, 0.6) is 0 Å². The molecule has 1 aromatic heterocycles. The molecule has 0 atom stereocenters. The van der Waals surface area contributed by atoms with Crippen molar-refractivity contribution >= 4 is 40.8 Å². The van der Waals surface area contributed by atoms with E-state index in [2.05, 4.69) is 58.4 Å². The fraction of sp³-hybridized carbons (Fsp3) is 0.571. The van der Waals surface area contributed by atoms with E-state index in [1.807, 2.05) is 7.05 Å². The molecule has 0 saturated carbocycles. The van der Waals surface area contributed by atoms with Gasteiger partial charge in [0.2, 0.25) is 0 Å². The van der Waals surface area contributed by atoms with Gasteiger partial charge in [0.25, 0.3) is 0 Å². The van der Waals surface area contributed by atoms with E-state index < -0.39 is 0 Å². The van der Waals surface area contributed by atoms with Crippen molar-refractivity contribution in [2.45, 2.75) is 32.6 Å². The number of ether oxygens (including phenoxy) is 1. The molecule has 0 aliphatic carbocycles. The number of fused-ring (bicyclic) bond motifs is 1. The van der Waals surface area contributed by atoms with Crippen LogP contribution in [0.3, 0.4) is 0 Å². The van der Waals surface area contributed by atoms with Crippen LogP contribution in [-0.2, 0) is 11.2 Å². The number of nitrogens with one attached hydrogen (secondary N) is 2. The van der Waals surface area contributed by atoms with Crippen LogP contribution in [0.1, 0.15) is 30.5 Å². The predicted molar refractivity (Wildman–Crippen MR) is 124 cm³/mol. The minimum absolute atomic E-state index is 0. The first-order valence-electron chi connectivity index (χ1n) is 9.74. The largest absolute Gasteiger partial charge is 0.381 e. The van der Waals surface area contributed by atoms with Gasteiger partial charge in [-0.05, 0) is 50.2 Å². The van der Waals surface area contributed by atoms with Gasteiger partial charge in [-0.3, -0.25) is 4.99 Å². The summed E-state index contributed by atoms with van der Waals surface area (Å²) in [6.07, 6.45) is 4.59. The van der Waals surface area contributed by atoms with Gasteiger partial charge in [0, 0.05) is 57.0 Å². The third kappa shape index (κ3) is 5.85. The number of aromatic nitrogens is 1. The molecule has 0 spiro atoms. The molecular formula is C21H33IN4O. The zero-order chi connectivity index (χ0) is 18.4. The first-order valence-corrected chi connectivity index (χ1v) is 9.74. The molecule has 0 bridgehead atoms. The lowest BCUT2D eigenvalue weighted by Crippen LogP contribution is -2.40. The van der Waals surface area contributed by atoms with Crippen LogP contribution in [0.15, 0.2) is 29.3 Å². The Bertz CT molecular complexity index is 737. The number of para-hydroxylation sites is 1. The van der Waals surface area contributed by atoms with Crippen molar-refractivity contribution in [3.8, 4) is 0 Å². The molecule has 3 rings (SSSR count). The van der Waals surface area contributed by atoms with Crippen LogP contribution in [0, 0.1) is 12.8 Å². The number of benzene rings is 1. The molecule has 1 aromatic carbocycles. The van der Waals surface area contributed by atoms with E-state index in [0.29, 0.717) is 0 Å². The highest BCUT2D eigenvalue weighted by molar-refractivity contribution is 14.0. The van der Waals surface area contributed by atoms with Crippen LogP contribution >= 0.6 is 24.0 Å². The van der Waals surface area contributed by atoms with E-state index in [-0.39, 0.29) is 24.0 Å². The SMILES string of the molecule is CN=C(NCCc1c(C)[nH]c2ccccc12)N(C)CCC1CCOCC1.I. The first-order chi connectivity index (χ1) is 12.7. The number of halogens is 1. The van der Waals surface area contributed by atoms with Gasteiger partial charge in [-0.1, -0.05) is 18.2 Å². The average molecular weight is 484 g/mol. The summed E-state index contributed by atoms with van der Waals surface area (Å²) < 4.78 is 5.45. The fourth-order valence-electron chi connectivity index (χ4n) is 3.86. The number of rotatable bonds is 6. The summed E-state index contributed by atoms with van der Waals surface area (Å²) in [6.45, 7) is 5.92. The van der Waals surface area contributed by atoms with E-state index in [4.69, 9.17) is 4.74 Å². The van der Waals surface area contributed by atoms with E-state index in [1.165, 1.54) is 41.4 Å². The molecule has 1 saturated heterocycles. The Balaban J connectivity index is 0.00000261. The van der Waals surface area contributed by atoms with Gasteiger partial charge in [0.05, 0.1) is 0 Å². The topological polar surface area (TPSA) is 52.7 Å². The summed E-state index contributed by atoms with van der Waals surface area (Å²) >= 11 is 0. The molecule has 2 N–H and O–H groups in total. The molecule has 0 unspecified atom stereocenters. The third-order valence-electron chi connectivity index (χ3n) is 5.47. The average Bonchev–Trinajstić information content (AvgIpc) is 2.99. The van der Waals surface area contributed by atoms with Gasteiger partial charge in [-0.2, -0.15) is 0 Å². The van der Waals surface area contributed by atoms with Crippen LogP contribution in [0.2, 0.25) is 0 Å². The Morgan fingerprint density at radius 2 is 2.04 bits per heavy atom. The summed E-state index contributed by atoms with van der Waals surface area (Å²) in [6, 6.07) is 8.52. The Labute approximate surface area is 180 Å². The molecule has 6 heteroatoms. The molecule has 5 nitrogen and oxygen atoms in total. The lowest BCUT2D eigenvalue weighted by molar-refractivity contribution is 0.0625. The Morgan fingerprint density at radius 1 is 1.30 bits per heavy atom. The summed E-state index contributed by atoms with van der Waals surface area (Å²) in [7, 11) is 4.00. The summed E-state index contributed by atoms with van der Waals surface area (Å²) in [5.41, 5.74) is 3.88. The smallest absolute Gasteiger partial charge is 0.193 e. The number of aromatic amines is 1. The number of aryl methyl sites for hydroxylation is 1. The van der Waals surface area contributed by atoms with Crippen molar-refractivity contribution in [2.24, 2.45) is 10.9 Å². The van der Waals surface area contributed by atoms with Gasteiger partial charge >= 0.3 is 0 Å². The Kier molecular flexibility index (Phi) is 8.89. The first kappa shape index (κ1) is 22.0. The lowest BCUT2D eigenvalue weighted by atomic mass is 9.96. The molecule has 0 radical (unpaired) electrons. The molecule has 0 amide bonds. The van der Waals surface area contributed by atoms with Gasteiger partial charge < -0.3 is 19.9 Å². The maximum atomic E-state index is 5.45. The summed E-state index contributed by atoms with van der Waals surface area (Å²) in [5.74, 6) is 1.77. The van der Waals surface area contributed by atoms with Crippen molar-refractivity contribution in [1.29, 1.82) is 0 Å². The maximum absolute atomic E-state index is 5.45. The Hall–Kier alpha value is -1.28. The monoisotopic (exact) mass is 484 g/mol. The van der Waals surface area contributed by atoms with E-state index >= 15 is 0 Å². The molecule has 2 aromatic rings. The fourth-order valence-corrected chi connectivity index (χ4v) is 3.86. The standard InChI is InChI=1S/C21H32N4O.HI/c1-16-18(19-6-4-5-7-20(19)24-16)8-12-23-21(22-2)25(3)13-9-17-10-14-26-15-11-17;/h4-7,17,24H,8-15H2,1-3H3,(H,22,23);1H. The van der Waals surface area contributed by atoms with Crippen molar-refractivity contribution in [3.05, 3.63) is 35.5 Å². The predicted octanol–water partition coefficient (Wildman–Crippen LogP) is 3.96. The number of hydrogen-bond acceptors (Lipinski definition) is 2. The molecule has 1 aliphatic heterocycles. The lowest BCUT2D eigenvalue weighted by Gasteiger charge is -2.26. The molecule has 27 heavy (non-hydrogen) atoms. The minimum atomic E-state index is 0. The highest BCUT2D eigenvalue weighted by Crippen LogP contribution is 2.22. The van der Waals surface area contributed by atoms with Gasteiger partial charge in [0.1, 0.15) is 0 Å². The van der Waals surface area contributed by atoms with Crippen molar-refractivity contribution in [3.63, 3.8) is 0 Å². The van der Waals surface area contributed by atoms with Crippen LogP contribution in [-0.4, -0.2) is 56.2 Å². The number of hydrogen-bond donors (Lipinski definition) is 2. The van der Waals surface area contributed by atoms with E-state index in [0.717, 1.165) is 44.6 Å². The van der Waals surface area contributed by atoms with Crippen LogP contribution in [0.4, 0.5) is 0 Å². The summed E-state index contributed by atoms with van der Waals surface area (Å²) in [5, 5.41) is 4.85. The zero-order valence-electron chi connectivity index (χ0n) is 16.8. The van der Waals surface area contributed by atoms with Crippen LogP contribution < -0.4 is 5.32 Å². The highest BCUT2D eigenvalue weighted by atomic mass is 127.